The van der Waals surface area contributed by atoms with Gasteiger partial charge in [0.1, 0.15) is 5.69 Å². The second-order valence-corrected chi connectivity index (χ2v) is 8.75. The van der Waals surface area contributed by atoms with E-state index in [0.29, 0.717) is 47.4 Å². The molecule has 37 heavy (non-hydrogen) atoms. The highest BCUT2D eigenvalue weighted by atomic mass is 35.5. The summed E-state index contributed by atoms with van der Waals surface area (Å²) in [6.45, 7) is 1.04. The first-order valence-electron chi connectivity index (χ1n) is 11.4. The lowest BCUT2D eigenvalue weighted by Gasteiger charge is -2.25. The molecule has 2 aromatic carbocycles. The third kappa shape index (κ3) is 5.78. The number of hydrogen-bond acceptors (Lipinski definition) is 9. The Labute approximate surface area is 217 Å². The van der Waals surface area contributed by atoms with Crippen molar-refractivity contribution in [2.45, 2.75) is 25.5 Å². The van der Waals surface area contributed by atoms with Crippen molar-refractivity contribution in [3.63, 3.8) is 0 Å². The number of hydrogen-bond donors (Lipinski definition) is 0. The van der Waals surface area contributed by atoms with Crippen LogP contribution in [0.2, 0.25) is 5.02 Å². The van der Waals surface area contributed by atoms with Crippen molar-refractivity contribution >= 4 is 23.2 Å². The van der Waals surface area contributed by atoms with Gasteiger partial charge in [-0.3, -0.25) is 14.9 Å². The molecule has 1 unspecified atom stereocenters. The summed E-state index contributed by atoms with van der Waals surface area (Å²) in [5.41, 5.74) is 1.09. The van der Waals surface area contributed by atoms with Gasteiger partial charge in [0.2, 0.25) is 5.75 Å². The molecule has 12 heteroatoms. The summed E-state index contributed by atoms with van der Waals surface area (Å²) in [6.07, 6.45) is 1.58. The standard InChI is InChI=1S/C25H26ClN3O8/c1-33-22-9-15(10-23(34-2)24(22)35-3)21-11-16(27-37-21)13-28(14-18-5-4-8-36-18)25(30)19-7-6-17(29(31)32)12-20(19)26/h6-7,9-12,18H,4-5,8,13-14H2,1-3H3. The number of non-ortho nitro benzene ring substituents is 1. The summed E-state index contributed by atoms with van der Waals surface area (Å²) >= 11 is 6.25. The minimum atomic E-state index is -0.565. The predicted octanol–water partition coefficient (Wildman–Crippen LogP) is 4.75. The average molecular weight is 532 g/mol. The molecule has 4 rings (SSSR count). The zero-order valence-electron chi connectivity index (χ0n) is 20.6. The monoisotopic (exact) mass is 531 g/mol. The molecule has 3 aromatic rings. The highest BCUT2D eigenvalue weighted by molar-refractivity contribution is 6.34. The van der Waals surface area contributed by atoms with Gasteiger partial charge in [0, 0.05) is 36.9 Å². The van der Waals surface area contributed by atoms with E-state index in [1.807, 2.05) is 0 Å². The van der Waals surface area contributed by atoms with Gasteiger partial charge in [-0.1, -0.05) is 16.8 Å². The number of halogens is 1. The molecule has 1 aliphatic heterocycles. The molecule has 1 atom stereocenters. The van der Waals surface area contributed by atoms with Gasteiger partial charge < -0.3 is 28.4 Å². The molecule has 1 aliphatic rings. The Morgan fingerprint density at radius 1 is 1.16 bits per heavy atom. The molecule has 1 amide bonds. The molecular weight excluding hydrogens is 506 g/mol. The summed E-state index contributed by atoms with van der Waals surface area (Å²) in [5, 5.41) is 15.2. The molecule has 0 radical (unpaired) electrons. The van der Waals surface area contributed by atoms with E-state index in [4.69, 9.17) is 35.1 Å². The van der Waals surface area contributed by atoms with Crippen molar-refractivity contribution in [1.82, 2.24) is 10.1 Å². The summed E-state index contributed by atoms with van der Waals surface area (Å²) in [4.78, 5) is 25.5. The zero-order chi connectivity index (χ0) is 26.5. The van der Waals surface area contributed by atoms with Gasteiger partial charge >= 0.3 is 0 Å². The predicted molar refractivity (Wildman–Crippen MR) is 133 cm³/mol. The number of carbonyl (C=O) groups excluding carboxylic acids is 1. The van der Waals surface area contributed by atoms with Gasteiger partial charge in [-0.2, -0.15) is 0 Å². The molecule has 1 aromatic heterocycles. The van der Waals surface area contributed by atoms with E-state index in [9.17, 15) is 14.9 Å². The van der Waals surface area contributed by atoms with E-state index in [-0.39, 0.29) is 28.9 Å². The average Bonchev–Trinajstić information content (AvgIpc) is 3.59. The van der Waals surface area contributed by atoms with Crippen molar-refractivity contribution in [1.29, 1.82) is 0 Å². The SMILES string of the molecule is COc1cc(-c2cc(CN(CC3CCCO3)C(=O)c3ccc([N+](=O)[O-])cc3Cl)no2)cc(OC)c1OC. The van der Waals surface area contributed by atoms with Crippen LogP contribution in [0.15, 0.2) is 40.9 Å². The first kappa shape index (κ1) is 26.2. The number of rotatable bonds is 10. The summed E-state index contributed by atoms with van der Waals surface area (Å²) in [7, 11) is 4.55. The maximum atomic E-state index is 13.5. The first-order chi connectivity index (χ1) is 17.8. The van der Waals surface area contributed by atoms with Gasteiger partial charge in [-0.05, 0) is 31.0 Å². The van der Waals surface area contributed by atoms with Gasteiger partial charge in [0.15, 0.2) is 17.3 Å². The lowest BCUT2D eigenvalue weighted by atomic mass is 10.1. The fraction of sp³-hybridized carbons (Fsp3) is 0.360. The Hall–Kier alpha value is -3.83. The van der Waals surface area contributed by atoms with E-state index in [0.717, 1.165) is 18.9 Å². The molecule has 0 aliphatic carbocycles. The maximum Gasteiger partial charge on any atom is 0.270 e. The summed E-state index contributed by atoms with van der Waals surface area (Å²) in [5.74, 6) is 1.40. The van der Waals surface area contributed by atoms with E-state index < -0.39 is 10.8 Å². The topological polar surface area (TPSA) is 126 Å². The largest absolute Gasteiger partial charge is 0.493 e. The Kier molecular flexibility index (Phi) is 8.14. The number of carbonyl (C=O) groups is 1. The Balaban J connectivity index is 1.62. The van der Waals surface area contributed by atoms with Gasteiger partial charge in [-0.15, -0.1) is 0 Å². The van der Waals surface area contributed by atoms with Crippen molar-refractivity contribution in [2.75, 3.05) is 34.5 Å². The number of methoxy groups -OCH3 is 3. The van der Waals surface area contributed by atoms with Gasteiger partial charge in [0.25, 0.3) is 11.6 Å². The molecule has 2 heterocycles. The first-order valence-corrected chi connectivity index (χ1v) is 11.8. The van der Waals surface area contributed by atoms with E-state index in [1.165, 1.54) is 33.5 Å². The van der Waals surface area contributed by atoms with Crippen molar-refractivity contribution in [3.8, 4) is 28.6 Å². The fourth-order valence-electron chi connectivity index (χ4n) is 4.16. The Morgan fingerprint density at radius 2 is 1.89 bits per heavy atom. The van der Waals surface area contributed by atoms with Crippen LogP contribution in [0, 0.1) is 10.1 Å². The summed E-state index contributed by atoms with van der Waals surface area (Å²) < 4.78 is 27.5. The number of amides is 1. The van der Waals surface area contributed by atoms with Gasteiger partial charge in [0.05, 0.1) is 49.5 Å². The van der Waals surface area contributed by atoms with Crippen LogP contribution in [0.3, 0.4) is 0 Å². The quantitative estimate of drug-likeness (QED) is 0.269. The normalized spacial score (nSPS) is 14.9. The second kappa shape index (κ2) is 11.5. The molecule has 0 spiro atoms. The van der Waals surface area contributed by atoms with Crippen LogP contribution in [0.25, 0.3) is 11.3 Å². The second-order valence-electron chi connectivity index (χ2n) is 8.34. The van der Waals surface area contributed by atoms with Gasteiger partial charge in [-0.25, -0.2) is 0 Å². The number of benzene rings is 2. The number of nitro groups is 1. The van der Waals surface area contributed by atoms with Crippen LogP contribution in [0.5, 0.6) is 17.2 Å². The van der Waals surface area contributed by atoms with Crippen LogP contribution < -0.4 is 14.2 Å². The third-order valence-electron chi connectivity index (χ3n) is 5.99. The molecule has 11 nitrogen and oxygen atoms in total. The lowest BCUT2D eigenvalue weighted by molar-refractivity contribution is -0.384. The molecule has 196 valence electrons. The highest BCUT2D eigenvalue weighted by Gasteiger charge is 2.27. The minimum Gasteiger partial charge on any atom is -0.493 e. The molecule has 0 saturated carbocycles. The van der Waals surface area contributed by atoms with Crippen LogP contribution >= 0.6 is 11.6 Å². The van der Waals surface area contributed by atoms with E-state index >= 15 is 0 Å². The van der Waals surface area contributed by atoms with Crippen LogP contribution in [-0.2, 0) is 11.3 Å². The third-order valence-corrected chi connectivity index (χ3v) is 6.30. The van der Waals surface area contributed by atoms with Crippen LogP contribution in [0.1, 0.15) is 28.9 Å². The molecule has 0 N–H and O–H groups in total. The molecular formula is C25H26ClN3O8. The van der Waals surface area contributed by atoms with E-state index in [2.05, 4.69) is 5.16 Å². The van der Waals surface area contributed by atoms with Crippen molar-refractivity contribution in [3.05, 3.63) is 62.8 Å². The summed E-state index contributed by atoms with van der Waals surface area (Å²) in [6, 6.07) is 8.96. The highest BCUT2D eigenvalue weighted by Crippen LogP contribution is 2.41. The van der Waals surface area contributed by atoms with Crippen molar-refractivity contribution in [2.24, 2.45) is 0 Å². The molecule has 0 bridgehead atoms. The number of ether oxygens (including phenoxy) is 4. The number of aromatic nitrogens is 1. The minimum absolute atomic E-state index is 0.00481. The number of nitro benzene ring substituents is 1. The Morgan fingerprint density at radius 3 is 2.46 bits per heavy atom. The maximum absolute atomic E-state index is 13.5. The lowest BCUT2D eigenvalue weighted by Crippen LogP contribution is -2.37. The van der Waals surface area contributed by atoms with E-state index in [1.54, 1.807) is 23.1 Å². The van der Waals surface area contributed by atoms with Crippen LogP contribution in [-0.4, -0.2) is 61.5 Å². The molecule has 1 saturated heterocycles. The zero-order valence-corrected chi connectivity index (χ0v) is 21.3. The smallest absolute Gasteiger partial charge is 0.270 e. The fourth-order valence-corrected chi connectivity index (χ4v) is 4.41. The van der Waals surface area contributed by atoms with Crippen LogP contribution in [0.4, 0.5) is 5.69 Å². The van der Waals surface area contributed by atoms with Crippen molar-refractivity contribution < 1.29 is 33.2 Å². The molecule has 1 fully saturated rings. The number of nitrogens with zero attached hydrogens (tertiary/aromatic N) is 3. The Bertz CT molecular complexity index is 1260.